The minimum Gasteiger partial charge on any atom is -0.503 e. The molecule has 2 unspecified atom stereocenters. The van der Waals surface area contributed by atoms with Crippen molar-refractivity contribution in [2.45, 2.75) is 58.1 Å². The van der Waals surface area contributed by atoms with Gasteiger partial charge in [-0.05, 0) is 81.3 Å². The predicted molar refractivity (Wildman–Crippen MR) is 201 cm³/mol. The maximum absolute atomic E-state index is 14.4. The second-order valence-corrected chi connectivity index (χ2v) is 14.1. The summed E-state index contributed by atoms with van der Waals surface area (Å²) in [5.41, 5.74) is 0.238. The number of ether oxygens (including phenoxy) is 3. The number of fused-ring (bicyclic) bond motifs is 1. The zero-order valence-electron chi connectivity index (χ0n) is 30.2. The molecular formula is C41H41ClN2O10. The molecule has 0 saturated carbocycles. The molecule has 1 aromatic heterocycles. The summed E-state index contributed by atoms with van der Waals surface area (Å²) in [5.74, 6) is -4.37. The van der Waals surface area contributed by atoms with E-state index in [1.165, 1.54) is 4.90 Å². The van der Waals surface area contributed by atoms with Crippen LogP contribution in [-0.4, -0.2) is 63.8 Å². The van der Waals surface area contributed by atoms with Crippen LogP contribution in [0, 0.1) is 0 Å². The quantitative estimate of drug-likeness (QED) is 0.0659. The molecule has 0 bridgehead atoms. The van der Waals surface area contributed by atoms with E-state index in [-0.39, 0.29) is 30.6 Å². The van der Waals surface area contributed by atoms with Crippen LogP contribution in [0.4, 0.5) is 5.69 Å². The summed E-state index contributed by atoms with van der Waals surface area (Å²) in [4.78, 5) is 53.8. The standard InChI is InChI=1S/C41H41ClN2O10/c1-25(44(23-28(42)19-26-11-7-5-8-12-26)39(49)37(47)32(22-36(45)46)40(50)54-41(2,3)4)31(27-15-17-33-35(20-27)52-24-51-33)21-30-16-18-34(53-30)38(48)43-29-13-9-6-10-14-29/h5-20,25,31,47H,21-24H2,1-4H3,(H,43,48)(H,45,46)/b28-19-,37-32?. The summed E-state index contributed by atoms with van der Waals surface area (Å²) in [7, 11) is 0. The van der Waals surface area contributed by atoms with E-state index in [2.05, 4.69) is 5.32 Å². The molecule has 3 aromatic carbocycles. The number of esters is 1. The van der Waals surface area contributed by atoms with Crippen molar-refractivity contribution in [3.05, 3.63) is 130 Å². The summed E-state index contributed by atoms with van der Waals surface area (Å²) in [6.07, 6.45) is 0.816. The molecule has 0 saturated heterocycles. The summed E-state index contributed by atoms with van der Waals surface area (Å²) < 4.78 is 22.6. The van der Waals surface area contributed by atoms with Gasteiger partial charge in [0.2, 0.25) is 6.79 Å². The number of aliphatic hydroxyl groups excluding tert-OH is 1. The molecule has 0 radical (unpaired) electrons. The largest absolute Gasteiger partial charge is 0.503 e. The van der Waals surface area contributed by atoms with Gasteiger partial charge >= 0.3 is 11.9 Å². The average Bonchev–Trinajstić information content (AvgIpc) is 3.81. The molecule has 2 atom stereocenters. The number of hydrogen-bond donors (Lipinski definition) is 3. The second-order valence-electron chi connectivity index (χ2n) is 13.6. The van der Waals surface area contributed by atoms with Crippen LogP contribution >= 0.6 is 11.6 Å². The van der Waals surface area contributed by atoms with Gasteiger partial charge in [-0.1, -0.05) is 66.2 Å². The fourth-order valence-corrected chi connectivity index (χ4v) is 6.07. The number of rotatable bonds is 14. The van der Waals surface area contributed by atoms with Gasteiger partial charge in [-0.25, -0.2) is 4.79 Å². The van der Waals surface area contributed by atoms with E-state index in [1.807, 2.05) is 36.4 Å². The molecule has 1 aliphatic rings. The zero-order valence-corrected chi connectivity index (χ0v) is 31.0. The number of aliphatic hydroxyl groups is 1. The van der Waals surface area contributed by atoms with Gasteiger partial charge in [-0.15, -0.1) is 0 Å². The van der Waals surface area contributed by atoms with Gasteiger partial charge in [0.1, 0.15) is 11.4 Å². The number of nitrogens with one attached hydrogen (secondary N) is 1. The van der Waals surface area contributed by atoms with Gasteiger partial charge in [0.15, 0.2) is 23.0 Å². The SMILES string of the molecule is CC(C(Cc1ccc(C(=O)Nc2ccccc2)o1)c1ccc2c(c1)OCO2)N(C/C(Cl)=C/c1ccccc1)C(=O)C(O)=C(CC(=O)O)C(=O)OC(C)(C)C. The van der Waals surface area contributed by atoms with E-state index < -0.39 is 59.1 Å². The van der Waals surface area contributed by atoms with Crippen LogP contribution in [-0.2, 0) is 25.5 Å². The lowest BCUT2D eigenvalue weighted by molar-refractivity contribution is -0.152. The lowest BCUT2D eigenvalue weighted by atomic mass is 9.87. The van der Waals surface area contributed by atoms with Crippen LogP contribution in [0.5, 0.6) is 11.5 Å². The van der Waals surface area contributed by atoms with Gasteiger partial charge in [-0.2, -0.15) is 0 Å². The fraction of sp³-hybridized carbons (Fsp3) is 0.268. The number of anilines is 1. The van der Waals surface area contributed by atoms with Crippen LogP contribution in [0.3, 0.4) is 0 Å². The fourth-order valence-electron chi connectivity index (χ4n) is 5.82. The van der Waals surface area contributed by atoms with Crippen molar-refractivity contribution in [1.82, 2.24) is 4.90 Å². The van der Waals surface area contributed by atoms with Crippen molar-refractivity contribution in [2.75, 3.05) is 18.7 Å². The van der Waals surface area contributed by atoms with E-state index in [1.54, 1.807) is 88.4 Å². The Morgan fingerprint density at radius 3 is 2.26 bits per heavy atom. The minimum absolute atomic E-state index is 0.0251. The first kappa shape index (κ1) is 39.2. The summed E-state index contributed by atoms with van der Waals surface area (Å²) in [6, 6.07) is 25.7. The van der Waals surface area contributed by atoms with Crippen molar-refractivity contribution >= 4 is 47.1 Å². The first-order chi connectivity index (χ1) is 25.7. The summed E-state index contributed by atoms with van der Waals surface area (Å²) >= 11 is 6.79. The van der Waals surface area contributed by atoms with Gasteiger partial charge in [0.25, 0.3) is 11.8 Å². The highest BCUT2D eigenvalue weighted by molar-refractivity contribution is 6.32. The molecule has 54 heavy (non-hydrogen) atoms. The predicted octanol–water partition coefficient (Wildman–Crippen LogP) is 7.71. The Morgan fingerprint density at radius 2 is 1.59 bits per heavy atom. The number of benzene rings is 3. The van der Waals surface area contributed by atoms with Gasteiger partial charge < -0.3 is 39.1 Å². The Hall–Kier alpha value is -6.01. The Balaban J connectivity index is 1.56. The summed E-state index contributed by atoms with van der Waals surface area (Å²) in [6.45, 7) is 6.23. The molecule has 3 N–H and O–H groups in total. The van der Waals surface area contributed by atoms with Crippen LogP contribution in [0.15, 0.2) is 112 Å². The van der Waals surface area contributed by atoms with Gasteiger partial charge in [-0.3, -0.25) is 14.4 Å². The summed E-state index contributed by atoms with van der Waals surface area (Å²) in [5, 5.41) is 24.1. The van der Waals surface area contributed by atoms with E-state index in [0.29, 0.717) is 28.5 Å². The number of nitrogens with zero attached hydrogens (tertiary/aromatic N) is 1. The molecule has 1 aliphatic heterocycles. The zero-order chi connectivity index (χ0) is 39.0. The topological polar surface area (TPSA) is 165 Å². The van der Waals surface area contributed by atoms with Crippen LogP contribution in [0.25, 0.3) is 6.08 Å². The molecule has 0 spiro atoms. The van der Waals surface area contributed by atoms with E-state index in [9.17, 15) is 29.4 Å². The minimum atomic E-state index is -1.46. The normalized spacial score (nSPS) is 14.1. The van der Waals surface area contributed by atoms with Crippen LogP contribution in [0.1, 0.15) is 67.5 Å². The average molecular weight is 757 g/mol. The van der Waals surface area contributed by atoms with Crippen molar-refractivity contribution in [1.29, 1.82) is 0 Å². The van der Waals surface area contributed by atoms with Crippen molar-refractivity contribution in [2.24, 2.45) is 0 Å². The highest BCUT2D eigenvalue weighted by Gasteiger charge is 2.36. The highest BCUT2D eigenvalue weighted by atomic mass is 35.5. The number of aliphatic carboxylic acids is 1. The number of carboxylic acids is 1. The first-order valence-electron chi connectivity index (χ1n) is 17.1. The van der Waals surface area contributed by atoms with Crippen molar-refractivity contribution in [3.8, 4) is 11.5 Å². The van der Waals surface area contributed by atoms with E-state index >= 15 is 0 Å². The van der Waals surface area contributed by atoms with Crippen molar-refractivity contribution in [3.63, 3.8) is 0 Å². The number of carbonyl (C=O) groups excluding carboxylic acids is 3. The molecular weight excluding hydrogens is 716 g/mol. The number of carbonyl (C=O) groups is 4. The van der Waals surface area contributed by atoms with E-state index in [0.717, 1.165) is 5.56 Å². The molecule has 0 aliphatic carbocycles. The molecule has 12 nitrogen and oxygen atoms in total. The molecule has 0 fully saturated rings. The molecule has 282 valence electrons. The molecule has 4 aromatic rings. The Labute approximate surface area is 317 Å². The number of furan rings is 1. The number of carboxylic acid groups (broad SMARTS) is 1. The number of amides is 2. The van der Waals surface area contributed by atoms with Crippen LogP contribution in [0.2, 0.25) is 0 Å². The monoisotopic (exact) mass is 756 g/mol. The first-order valence-corrected chi connectivity index (χ1v) is 17.5. The molecule has 13 heteroatoms. The Bertz CT molecular complexity index is 2050. The Morgan fingerprint density at radius 1 is 0.926 bits per heavy atom. The number of para-hydroxylation sites is 1. The molecule has 2 heterocycles. The molecule has 5 rings (SSSR count). The van der Waals surface area contributed by atoms with Crippen LogP contribution < -0.4 is 14.8 Å². The third-order valence-corrected chi connectivity index (χ3v) is 8.63. The van der Waals surface area contributed by atoms with E-state index in [4.69, 9.17) is 30.2 Å². The third-order valence-electron chi connectivity index (χ3n) is 8.40. The third kappa shape index (κ3) is 10.3. The van der Waals surface area contributed by atoms with Gasteiger partial charge in [0.05, 0.1) is 18.5 Å². The lowest BCUT2D eigenvalue weighted by Crippen LogP contribution is -2.44. The Kier molecular flexibility index (Phi) is 12.5. The maximum atomic E-state index is 14.4. The number of hydrogen-bond acceptors (Lipinski definition) is 9. The van der Waals surface area contributed by atoms with Gasteiger partial charge in [0, 0.05) is 29.1 Å². The smallest absolute Gasteiger partial charge is 0.339 e. The maximum Gasteiger partial charge on any atom is 0.339 e. The number of halogens is 1. The molecule has 2 amide bonds. The van der Waals surface area contributed by atoms with Crippen molar-refractivity contribution < 1.29 is 48.0 Å². The second kappa shape index (κ2) is 17.2. The highest BCUT2D eigenvalue weighted by Crippen LogP contribution is 2.38. The lowest BCUT2D eigenvalue weighted by Gasteiger charge is -2.35.